The number of anilines is 1. The van der Waals surface area contributed by atoms with E-state index in [9.17, 15) is 9.59 Å². The van der Waals surface area contributed by atoms with E-state index in [1.165, 1.54) is 0 Å². The maximum absolute atomic E-state index is 12.7. The Morgan fingerprint density at radius 3 is 2.77 bits per heavy atom. The Morgan fingerprint density at radius 2 is 2.03 bits per heavy atom. The van der Waals surface area contributed by atoms with Gasteiger partial charge in [0.05, 0.1) is 24.4 Å². The summed E-state index contributed by atoms with van der Waals surface area (Å²) in [4.78, 5) is 34.5. The number of benzene rings is 2. The molecule has 2 aromatic carbocycles. The van der Waals surface area contributed by atoms with E-state index in [0.717, 1.165) is 22.6 Å². The Hall–Kier alpha value is -3.61. The SMILES string of the molecule is CCOc1ccc(NC(=O)N2CCc3nc(-c4cccc(C)c4)[nH]c(=O)c3C2)cc1. The summed E-state index contributed by atoms with van der Waals surface area (Å²) in [5.74, 6) is 1.32. The first-order valence-electron chi connectivity index (χ1n) is 10.0. The highest BCUT2D eigenvalue weighted by atomic mass is 16.5. The number of nitrogens with zero attached hydrogens (tertiary/aromatic N) is 2. The average Bonchev–Trinajstić information content (AvgIpc) is 2.75. The van der Waals surface area contributed by atoms with Gasteiger partial charge in [0.25, 0.3) is 5.56 Å². The van der Waals surface area contributed by atoms with Crippen LogP contribution in [0.25, 0.3) is 11.4 Å². The predicted molar refractivity (Wildman–Crippen MR) is 116 cm³/mol. The van der Waals surface area contributed by atoms with Crippen LogP contribution in [0.5, 0.6) is 5.75 Å². The van der Waals surface area contributed by atoms with Crippen molar-refractivity contribution in [3.05, 3.63) is 75.7 Å². The number of hydrogen-bond acceptors (Lipinski definition) is 4. The number of rotatable bonds is 4. The molecule has 0 aliphatic carbocycles. The molecule has 1 aliphatic rings. The molecule has 1 aliphatic heterocycles. The van der Waals surface area contributed by atoms with Gasteiger partial charge in [-0.25, -0.2) is 9.78 Å². The standard InChI is InChI=1S/C23H24N4O3/c1-3-30-18-9-7-17(8-10-18)24-23(29)27-12-11-20-19(14-27)22(28)26-21(25-20)16-6-4-5-15(2)13-16/h4-10,13H,3,11-12,14H2,1-2H3,(H,24,29)(H,25,26,28). The van der Waals surface area contributed by atoms with Gasteiger partial charge >= 0.3 is 6.03 Å². The van der Waals surface area contributed by atoms with Crippen LogP contribution in [0.3, 0.4) is 0 Å². The lowest BCUT2D eigenvalue weighted by atomic mass is 10.1. The van der Waals surface area contributed by atoms with Crippen LogP contribution in [0.4, 0.5) is 10.5 Å². The number of hydrogen-bond donors (Lipinski definition) is 2. The summed E-state index contributed by atoms with van der Waals surface area (Å²) in [5, 5.41) is 2.87. The van der Waals surface area contributed by atoms with Gasteiger partial charge in [0.2, 0.25) is 0 Å². The highest BCUT2D eigenvalue weighted by Gasteiger charge is 2.25. The minimum absolute atomic E-state index is 0.199. The van der Waals surface area contributed by atoms with Crippen molar-refractivity contribution >= 4 is 11.7 Å². The quantitative estimate of drug-likeness (QED) is 0.694. The lowest BCUT2D eigenvalue weighted by Crippen LogP contribution is -2.41. The number of urea groups is 1. The molecular formula is C23H24N4O3. The van der Waals surface area contributed by atoms with Crippen LogP contribution in [-0.2, 0) is 13.0 Å². The molecule has 0 bridgehead atoms. The second-order valence-corrected chi connectivity index (χ2v) is 7.27. The lowest BCUT2D eigenvalue weighted by molar-refractivity contribution is 0.205. The number of amides is 2. The maximum Gasteiger partial charge on any atom is 0.322 e. The summed E-state index contributed by atoms with van der Waals surface area (Å²) in [6, 6.07) is 14.8. The van der Waals surface area contributed by atoms with Gasteiger partial charge in [-0.2, -0.15) is 0 Å². The maximum atomic E-state index is 12.7. The molecule has 0 radical (unpaired) electrons. The molecule has 0 spiro atoms. The van der Waals surface area contributed by atoms with Crippen LogP contribution in [0, 0.1) is 6.92 Å². The van der Waals surface area contributed by atoms with Gasteiger partial charge in [-0.1, -0.05) is 23.8 Å². The molecule has 2 amide bonds. The van der Waals surface area contributed by atoms with E-state index in [2.05, 4.69) is 15.3 Å². The number of ether oxygens (including phenoxy) is 1. The molecule has 0 unspecified atom stereocenters. The second kappa shape index (κ2) is 8.41. The van der Waals surface area contributed by atoms with E-state index in [4.69, 9.17) is 4.74 Å². The van der Waals surface area contributed by atoms with Crippen molar-refractivity contribution in [1.29, 1.82) is 0 Å². The summed E-state index contributed by atoms with van der Waals surface area (Å²) >= 11 is 0. The second-order valence-electron chi connectivity index (χ2n) is 7.27. The Morgan fingerprint density at radius 1 is 1.23 bits per heavy atom. The third kappa shape index (κ3) is 4.20. The van der Waals surface area contributed by atoms with E-state index in [-0.39, 0.29) is 18.1 Å². The number of aromatic amines is 1. The number of aromatic nitrogens is 2. The van der Waals surface area contributed by atoms with Crippen LogP contribution >= 0.6 is 0 Å². The van der Waals surface area contributed by atoms with Crippen LogP contribution < -0.4 is 15.6 Å². The number of nitrogens with one attached hydrogen (secondary N) is 2. The van der Waals surface area contributed by atoms with Crippen molar-refractivity contribution in [3.63, 3.8) is 0 Å². The highest BCUT2D eigenvalue weighted by molar-refractivity contribution is 5.89. The largest absolute Gasteiger partial charge is 0.494 e. The molecular weight excluding hydrogens is 380 g/mol. The molecule has 0 fully saturated rings. The number of carbonyl (C=O) groups is 1. The lowest BCUT2D eigenvalue weighted by Gasteiger charge is -2.28. The van der Waals surface area contributed by atoms with Gasteiger partial charge < -0.3 is 19.9 Å². The molecule has 0 saturated carbocycles. The van der Waals surface area contributed by atoms with Crippen molar-refractivity contribution in [3.8, 4) is 17.1 Å². The minimum atomic E-state index is -0.244. The third-order valence-electron chi connectivity index (χ3n) is 5.06. The van der Waals surface area contributed by atoms with Crippen molar-refractivity contribution in [2.24, 2.45) is 0 Å². The van der Waals surface area contributed by atoms with Gasteiger partial charge in [0.1, 0.15) is 11.6 Å². The zero-order valence-corrected chi connectivity index (χ0v) is 17.1. The number of fused-ring (bicyclic) bond motifs is 1. The van der Waals surface area contributed by atoms with Crippen LogP contribution in [0.2, 0.25) is 0 Å². The van der Waals surface area contributed by atoms with E-state index in [1.807, 2.05) is 50.2 Å². The monoisotopic (exact) mass is 404 g/mol. The molecule has 1 aromatic heterocycles. The Bertz CT molecular complexity index is 1120. The van der Waals surface area contributed by atoms with Crippen LogP contribution in [-0.4, -0.2) is 34.1 Å². The highest BCUT2D eigenvalue weighted by Crippen LogP contribution is 2.21. The third-order valence-corrected chi connectivity index (χ3v) is 5.06. The molecule has 154 valence electrons. The van der Waals surface area contributed by atoms with Gasteiger partial charge in [-0.3, -0.25) is 4.79 Å². The molecule has 0 atom stereocenters. The number of aryl methyl sites for hydroxylation is 1. The zero-order valence-electron chi connectivity index (χ0n) is 17.1. The molecule has 2 heterocycles. The van der Waals surface area contributed by atoms with Crippen molar-refractivity contribution in [1.82, 2.24) is 14.9 Å². The minimum Gasteiger partial charge on any atom is -0.494 e. The smallest absolute Gasteiger partial charge is 0.322 e. The summed E-state index contributed by atoms with van der Waals surface area (Å²) in [7, 11) is 0. The fourth-order valence-corrected chi connectivity index (χ4v) is 3.53. The van der Waals surface area contributed by atoms with Gasteiger partial charge in [-0.05, 0) is 44.2 Å². The first kappa shape index (κ1) is 19.7. The Balaban J connectivity index is 1.49. The van der Waals surface area contributed by atoms with E-state index >= 15 is 0 Å². The molecule has 3 aromatic rings. The summed E-state index contributed by atoms with van der Waals surface area (Å²) in [6.45, 7) is 5.24. The predicted octanol–water partition coefficient (Wildman–Crippen LogP) is 3.73. The van der Waals surface area contributed by atoms with Crippen molar-refractivity contribution in [2.45, 2.75) is 26.8 Å². The van der Waals surface area contributed by atoms with Crippen LogP contribution in [0.1, 0.15) is 23.7 Å². The average molecular weight is 404 g/mol. The number of carbonyl (C=O) groups excluding carboxylic acids is 1. The normalized spacial score (nSPS) is 12.9. The van der Waals surface area contributed by atoms with Crippen molar-refractivity contribution < 1.29 is 9.53 Å². The van der Waals surface area contributed by atoms with Gasteiger partial charge in [0.15, 0.2) is 0 Å². The first-order chi connectivity index (χ1) is 14.5. The number of H-pyrrole nitrogens is 1. The molecule has 2 N–H and O–H groups in total. The summed E-state index contributed by atoms with van der Waals surface area (Å²) in [5.41, 5.74) is 3.75. The van der Waals surface area contributed by atoms with Crippen molar-refractivity contribution in [2.75, 3.05) is 18.5 Å². The molecule has 30 heavy (non-hydrogen) atoms. The Labute approximate surface area is 174 Å². The molecule has 7 heteroatoms. The fourth-order valence-electron chi connectivity index (χ4n) is 3.53. The van der Waals surface area contributed by atoms with E-state index in [1.54, 1.807) is 17.0 Å². The summed E-state index contributed by atoms with van der Waals surface area (Å²) in [6.07, 6.45) is 0.536. The zero-order chi connectivity index (χ0) is 21.1. The summed E-state index contributed by atoms with van der Waals surface area (Å²) < 4.78 is 5.41. The fraction of sp³-hybridized carbons (Fsp3) is 0.261. The van der Waals surface area contributed by atoms with E-state index in [0.29, 0.717) is 36.6 Å². The van der Waals surface area contributed by atoms with Gasteiger partial charge in [0, 0.05) is 24.2 Å². The van der Waals surface area contributed by atoms with Gasteiger partial charge in [-0.15, -0.1) is 0 Å². The molecule has 7 nitrogen and oxygen atoms in total. The Kier molecular flexibility index (Phi) is 5.52. The molecule has 0 saturated heterocycles. The van der Waals surface area contributed by atoms with E-state index < -0.39 is 0 Å². The molecule has 4 rings (SSSR count). The topological polar surface area (TPSA) is 87.3 Å². The first-order valence-corrected chi connectivity index (χ1v) is 10.0. The van der Waals surface area contributed by atoms with Crippen LogP contribution in [0.15, 0.2) is 53.3 Å².